The highest BCUT2D eigenvalue weighted by molar-refractivity contribution is 6.03. The number of rotatable bonds is 8. The summed E-state index contributed by atoms with van der Waals surface area (Å²) in [6, 6.07) is 8.10. The van der Waals surface area contributed by atoms with Gasteiger partial charge in [0.15, 0.2) is 11.6 Å². The zero-order valence-corrected chi connectivity index (χ0v) is 23.3. The summed E-state index contributed by atoms with van der Waals surface area (Å²) >= 11 is 0. The van der Waals surface area contributed by atoms with E-state index in [2.05, 4.69) is 25.6 Å². The van der Waals surface area contributed by atoms with E-state index >= 15 is 0 Å². The molecular weight excluding hydrogens is 540 g/mol. The van der Waals surface area contributed by atoms with Gasteiger partial charge in [0.2, 0.25) is 23.3 Å². The van der Waals surface area contributed by atoms with Crippen LogP contribution in [0.2, 0.25) is 0 Å². The molecule has 42 heavy (non-hydrogen) atoms. The molecule has 2 unspecified atom stereocenters. The molecule has 13 nitrogen and oxygen atoms in total. The third-order valence-corrected chi connectivity index (χ3v) is 8.28. The fourth-order valence-corrected chi connectivity index (χ4v) is 5.77. The predicted octanol–water partition coefficient (Wildman–Crippen LogP) is 1.31. The lowest BCUT2D eigenvalue weighted by molar-refractivity contribution is -0.148. The highest BCUT2D eigenvalue weighted by Gasteiger charge is 2.58. The van der Waals surface area contributed by atoms with Gasteiger partial charge in [0.25, 0.3) is 5.91 Å². The Labute approximate surface area is 241 Å². The van der Waals surface area contributed by atoms with Crippen LogP contribution >= 0.6 is 0 Å². The first-order valence-corrected chi connectivity index (χ1v) is 13.9. The Balaban J connectivity index is 1.24. The van der Waals surface area contributed by atoms with Crippen LogP contribution in [-0.2, 0) is 19.2 Å². The zero-order chi connectivity index (χ0) is 29.6. The van der Waals surface area contributed by atoms with Crippen molar-refractivity contribution in [3.8, 4) is 5.75 Å². The van der Waals surface area contributed by atoms with Crippen molar-refractivity contribution < 1.29 is 23.9 Å². The molecule has 3 aromatic rings. The fraction of sp³-hybridized carbons (Fsp3) is 0.414. The molecule has 0 radical (unpaired) electrons. The van der Waals surface area contributed by atoms with E-state index in [0.717, 1.165) is 23.7 Å². The van der Waals surface area contributed by atoms with Gasteiger partial charge < -0.3 is 30.9 Å². The van der Waals surface area contributed by atoms with E-state index < -0.39 is 41.4 Å². The summed E-state index contributed by atoms with van der Waals surface area (Å²) in [6.45, 7) is 1.51. The van der Waals surface area contributed by atoms with Gasteiger partial charge in [0.05, 0.1) is 12.1 Å². The second-order valence-electron chi connectivity index (χ2n) is 11.2. The number of nitrogens with zero attached hydrogens (tertiary/aromatic N) is 5. The molecule has 1 saturated heterocycles. The number of pyridine rings is 1. The summed E-state index contributed by atoms with van der Waals surface area (Å²) in [5.74, 6) is -0.646. The maximum atomic E-state index is 14.2. The van der Waals surface area contributed by atoms with Gasteiger partial charge in [-0.15, -0.1) is 0 Å². The van der Waals surface area contributed by atoms with Crippen molar-refractivity contribution in [2.75, 3.05) is 24.2 Å². The number of primary amides is 1. The highest BCUT2D eigenvalue weighted by atomic mass is 16.5. The van der Waals surface area contributed by atoms with Crippen molar-refractivity contribution in [1.29, 1.82) is 0 Å². The van der Waals surface area contributed by atoms with Crippen molar-refractivity contribution >= 4 is 46.2 Å². The smallest absolute Gasteiger partial charge is 0.271 e. The topological polar surface area (TPSA) is 173 Å². The monoisotopic (exact) mass is 572 g/mol. The molecule has 4 amide bonds. The van der Waals surface area contributed by atoms with Crippen molar-refractivity contribution in [3.63, 3.8) is 0 Å². The SMILES string of the molecule is CC(Nc1ncnc2ccccc12)C(=O)N(C)C(CC1CC1)C(=O)N1C[C@@]2(C[C@H]1C(N)=O)Oc1cccnc1NC2=O. The molecule has 0 bridgehead atoms. The minimum Gasteiger partial charge on any atom is -0.472 e. The van der Waals surface area contributed by atoms with Crippen LogP contribution in [0.5, 0.6) is 5.75 Å². The predicted molar refractivity (Wildman–Crippen MR) is 152 cm³/mol. The van der Waals surface area contributed by atoms with E-state index in [0.29, 0.717) is 18.0 Å². The van der Waals surface area contributed by atoms with E-state index in [1.54, 1.807) is 26.1 Å². The molecule has 2 aromatic heterocycles. The number of nitrogens with two attached hydrogens (primary N) is 1. The number of amides is 4. The van der Waals surface area contributed by atoms with Gasteiger partial charge in [-0.05, 0) is 43.5 Å². The molecule has 6 rings (SSSR count). The first-order chi connectivity index (χ1) is 20.2. The molecule has 3 aliphatic rings. The first kappa shape index (κ1) is 27.4. The van der Waals surface area contributed by atoms with E-state index in [1.165, 1.54) is 22.3 Å². The molecule has 1 spiro atoms. The van der Waals surface area contributed by atoms with E-state index in [-0.39, 0.29) is 30.6 Å². The number of nitrogens with one attached hydrogen (secondary N) is 2. The number of hydrogen-bond donors (Lipinski definition) is 3. The summed E-state index contributed by atoms with van der Waals surface area (Å²) in [7, 11) is 1.58. The standard InChI is InChI=1S/C29H32N8O5/c1-16(34-24-18-6-3-4-7-19(18)32-15-33-24)26(39)36(2)20(12-17-9-10-17)27(40)37-14-29(13-21(37)23(30)38)28(41)35-25-22(42-29)8-5-11-31-25/h3-8,11,15-17,20-21H,9-10,12-14H2,1-2H3,(H2,30,38)(H,31,35,41)(H,32,33,34)/t16?,20?,21-,29+/m0/s1. The Bertz CT molecular complexity index is 1570. The maximum absolute atomic E-state index is 14.2. The highest BCUT2D eigenvalue weighted by Crippen LogP contribution is 2.41. The molecule has 4 N–H and O–H groups in total. The molecule has 1 aliphatic carbocycles. The molecule has 1 saturated carbocycles. The second-order valence-corrected chi connectivity index (χ2v) is 11.2. The number of aromatic nitrogens is 3. The summed E-state index contributed by atoms with van der Waals surface area (Å²) in [5, 5.41) is 6.66. The summed E-state index contributed by atoms with van der Waals surface area (Å²) in [5.41, 5.74) is 4.97. The number of likely N-dealkylation sites (N-methyl/N-ethyl adjacent to an activating group) is 1. The fourth-order valence-electron chi connectivity index (χ4n) is 5.77. The van der Waals surface area contributed by atoms with Gasteiger partial charge in [-0.3, -0.25) is 19.2 Å². The number of carbonyl (C=O) groups is 4. The maximum Gasteiger partial charge on any atom is 0.271 e. The van der Waals surface area contributed by atoms with Gasteiger partial charge in [0, 0.05) is 25.1 Å². The number of anilines is 2. The Hall–Kier alpha value is -4.81. The summed E-state index contributed by atoms with van der Waals surface area (Å²) < 4.78 is 6.10. The van der Waals surface area contributed by atoms with Crippen LogP contribution in [0.4, 0.5) is 11.6 Å². The lowest BCUT2D eigenvalue weighted by atomic mass is 9.97. The van der Waals surface area contributed by atoms with Gasteiger partial charge in [0.1, 0.15) is 30.3 Å². The van der Waals surface area contributed by atoms with Crippen LogP contribution in [0.15, 0.2) is 48.9 Å². The molecule has 1 aromatic carbocycles. The third kappa shape index (κ3) is 4.95. The number of hydrogen-bond acceptors (Lipinski definition) is 9. The normalized spacial score (nSPS) is 22.6. The Morgan fingerprint density at radius 1 is 1.19 bits per heavy atom. The van der Waals surface area contributed by atoms with E-state index in [4.69, 9.17) is 10.5 Å². The molecule has 13 heteroatoms. The van der Waals surface area contributed by atoms with Gasteiger partial charge in [-0.1, -0.05) is 25.0 Å². The van der Waals surface area contributed by atoms with Crippen LogP contribution in [0.25, 0.3) is 10.9 Å². The Morgan fingerprint density at radius 2 is 1.98 bits per heavy atom. The Kier molecular flexibility index (Phi) is 6.87. The zero-order valence-electron chi connectivity index (χ0n) is 23.3. The average molecular weight is 573 g/mol. The number of ether oxygens (including phenoxy) is 1. The number of para-hydroxylation sites is 1. The van der Waals surface area contributed by atoms with E-state index in [1.807, 2.05) is 24.3 Å². The number of carbonyl (C=O) groups excluding carboxylic acids is 4. The van der Waals surface area contributed by atoms with Crippen molar-refractivity contribution in [2.45, 2.75) is 56.3 Å². The first-order valence-electron chi connectivity index (χ1n) is 13.9. The average Bonchev–Trinajstić information content (AvgIpc) is 3.73. The Morgan fingerprint density at radius 3 is 2.74 bits per heavy atom. The lowest BCUT2D eigenvalue weighted by Crippen LogP contribution is -2.57. The van der Waals surface area contributed by atoms with Gasteiger partial charge in [-0.25, -0.2) is 15.0 Å². The van der Waals surface area contributed by atoms with Crippen molar-refractivity contribution in [3.05, 3.63) is 48.9 Å². The van der Waals surface area contributed by atoms with Crippen molar-refractivity contribution in [2.24, 2.45) is 11.7 Å². The molecule has 4 atom stereocenters. The molecule has 2 aliphatic heterocycles. The number of fused-ring (bicyclic) bond motifs is 2. The summed E-state index contributed by atoms with van der Waals surface area (Å²) in [6.07, 6.45) is 5.17. The van der Waals surface area contributed by atoms with Crippen LogP contribution in [-0.4, -0.2) is 85.7 Å². The number of benzene rings is 1. The van der Waals surface area contributed by atoms with Crippen molar-refractivity contribution in [1.82, 2.24) is 24.8 Å². The van der Waals surface area contributed by atoms with Crippen LogP contribution in [0.3, 0.4) is 0 Å². The minimum absolute atomic E-state index is 0.110. The molecule has 218 valence electrons. The quantitative estimate of drug-likeness (QED) is 0.360. The lowest BCUT2D eigenvalue weighted by Gasteiger charge is -2.35. The second kappa shape index (κ2) is 10.5. The number of likely N-dealkylation sites (tertiary alicyclic amines) is 1. The third-order valence-electron chi connectivity index (χ3n) is 8.28. The summed E-state index contributed by atoms with van der Waals surface area (Å²) in [4.78, 5) is 69.1. The van der Waals surface area contributed by atoms with Gasteiger partial charge in [-0.2, -0.15) is 0 Å². The van der Waals surface area contributed by atoms with Crippen LogP contribution in [0.1, 0.15) is 32.6 Å². The molecule has 4 heterocycles. The molecule has 2 fully saturated rings. The molecular formula is C29H32N8O5. The van der Waals surface area contributed by atoms with E-state index in [9.17, 15) is 19.2 Å². The van der Waals surface area contributed by atoms with Crippen LogP contribution in [0, 0.1) is 5.92 Å². The minimum atomic E-state index is -1.51. The van der Waals surface area contributed by atoms with Gasteiger partial charge >= 0.3 is 0 Å². The largest absolute Gasteiger partial charge is 0.472 e. The van der Waals surface area contributed by atoms with Crippen LogP contribution < -0.4 is 21.1 Å².